The summed E-state index contributed by atoms with van der Waals surface area (Å²) in [5.41, 5.74) is 9.83. The maximum atomic E-state index is 13.4. The molecular formula is C49H59Cl2IN10O18Zn. The Balaban J connectivity index is 0.000000224. The van der Waals surface area contributed by atoms with E-state index in [1.807, 2.05) is 4.93 Å². The van der Waals surface area contributed by atoms with Gasteiger partial charge in [0.25, 0.3) is 11.1 Å². The Hall–Kier alpha value is -6.00. The molecule has 0 radical (unpaired) electrons. The number of benzene rings is 2. The van der Waals surface area contributed by atoms with Crippen LogP contribution >= 0.6 is 42.0 Å². The Kier molecular flexibility index (Phi) is 25.5. The van der Waals surface area contributed by atoms with E-state index in [9.17, 15) is 54.0 Å². The van der Waals surface area contributed by atoms with Crippen LogP contribution in [0.15, 0.2) is 93.0 Å². The van der Waals surface area contributed by atoms with Gasteiger partial charge < -0.3 is 65.1 Å². The van der Waals surface area contributed by atoms with Crippen molar-refractivity contribution >= 4 is 94.4 Å². The number of nitrogen functional groups attached to an aromatic ring is 2. The predicted octanol–water partition coefficient (Wildman–Crippen LogP) is 1.87. The zero-order valence-corrected chi connectivity index (χ0v) is 50.4. The number of H-pyrrole nitrogens is 2. The SMILES string of the molecule is C1CCOC1.C=CCn1c(=O)n(C2O[C@H](CO)[C@@H](O)[C@H]2O)c2nc(N)[nH]c(=O)c21.C=CCn1c(=O)n(C2O[C@H](CO)[C@H]3OC(c4ccc(OC(C)=O)cc4)O[C@@H]23)c2nc(N)[nH]c(=O)c21.CC(=O)Oc1ccc(C=O)cc1.CI.[Cl][Zn][Cl]. The molecule has 81 heavy (non-hydrogen) atoms. The van der Waals surface area contributed by atoms with Gasteiger partial charge in [0.05, 0.1) is 13.2 Å². The minimum absolute atomic E-state index is 0.00761. The molecule has 436 valence electrons. The molecule has 4 aliphatic rings. The van der Waals surface area contributed by atoms with E-state index in [1.165, 1.54) is 48.0 Å². The number of esters is 2. The summed E-state index contributed by atoms with van der Waals surface area (Å²) in [6.07, 6.45) is -3.35. The Bertz CT molecular complexity index is 3340. The summed E-state index contributed by atoms with van der Waals surface area (Å²) in [6.45, 7) is 10.9. The number of hydrogen-bond donors (Lipinski definition) is 8. The molecule has 4 aliphatic heterocycles. The molecule has 3 unspecified atom stereocenters. The summed E-state index contributed by atoms with van der Waals surface area (Å²) < 4.78 is 42.6. The van der Waals surface area contributed by atoms with E-state index in [-0.39, 0.29) is 53.3 Å². The molecule has 32 heteroatoms. The second kappa shape index (κ2) is 31.4. The molecule has 4 saturated heterocycles. The predicted molar refractivity (Wildman–Crippen MR) is 298 cm³/mol. The number of aromatic nitrogens is 8. The summed E-state index contributed by atoms with van der Waals surface area (Å²) in [5.74, 6) is -0.384. The fourth-order valence-electron chi connectivity index (χ4n) is 8.54. The average molecular weight is 1340 g/mol. The first-order valence-corrected chi connectivity index (χ1v) is 34.3. The molecule has 9 atom stereocenters. The van der Waals surface area contributed by atoms with Crippen LogP contribution in [0, 0.1) is 0 Å². The van der Waals surface area contributed by atoms with Gasteiger partial charge in [-0.1, -0.05) is 46.9 Å². The van der Waals surface area contributed by atoms with Crippen LogP contribution in [0.3, 0.4) is 0 Å². The van der Waals surface area contributed by atoms with E-state index in [1.54, 1.807) is 48.5 Å². The van der Waals surface area contributed by atoms with Crippen LogP contribution in [0.1, 0.15) is 61.4 Å². The van der Waals surface area contributed by atoms with Crippen molar-refractivity contribution in [2.24, 2.45) is 0 Å². The first-order chi connectivity index (χ1) is 38.9. The number of anilines is 2. The number of halogens is 3. The number of ether oxygens (including phenoxy) is 7. The fraction of sp³-hybridized carbons (Fsp3) is 0.408. The van der Waals surface area contributed by atoms with Gasteiger partial charge in [-0.05, 0) is 54.2 Å². The number of aliphatic hydroxyl groups is 4. The summed E-state index contributed by atoms with van der Waals surface area (Å²) in [6, 6.07) is 12.9. The van der Waals surface area contributed by atoms with Gasteiger partial charge in [0.1, 0.15) is 54.4 Å². The Morgan fingerprint density at radius 3 is 1.56 bits per heavy atom. The van der Waals surface area contributed by atoms with Crippen molar-refractivity contribution < 1.29 is 83.1 Å². The molecule has 2 aromatic carbocycles. The standard InChI is InChI=1S/C22H23N5O8.C13H17N5O6.C9H8O3.C4H8O.CH3I.2ClH.Zn/c1-3-8-26-14-17(24-21(23)25-18(14)30)27(22(26)31)19-16-15(13(9-28)33-19)34-20(35-16)11-4-6-12(7-5-11)32-10(2)29;1-2-3-17-6-9(15-12(14)16-10(6)22)18(13(17)23)11-8(21)7(20)5(4-19)24-11;1-7(11)12-9-4-2-8(6-10)3-5-9;1-2-4-5-3-1;1-2;;;/h3-7,13,15-16,19-20,28H,1,8-9H2,2H3,(H3,23,24,25,30);2,5,7-8,11,19-21H,1,3-4H2,(H3,14,15,16,22);2-6H,1H3;1-4H2;1H3;2*1H;/q;;;;;;;+2/p-2/t13-,15-,16-,19?,20?;5-,7-,8-,11?;;;;;;/m11....../s1. The molecule has 0 spiro atoms. The van der Waals surface area contributed by atoms with Gasteiger partial charge in [0.2, 0.25) is 11.9 Å². The number of rotatable bonds is 12. The summed E-state index contributed by atoms with van der Waals surface area (Å²) in [7, 11) is 9.90. The first kappa shape index (κ1) is 65.8. The minimum atomic E-state index is -1.50. The van der Waals surface area contributed by atoms with Crippen LogP contribution in [-0.2, 0) is 61.5 Å². The number of fused-ring (bicyclic) bond motifs is 3. The monoisotopic (exact) mass is 1340 g/mol. The maximum absolute atomic E-state index is 13.4. The number of hydrogen-bond acceptors (Lipinski definition) is 22. The Morgan fingerprint density at radius 1 is 0.728 bits per heavy atom. The zero-order valence-electron chi connectivity index (χ0n) is 43.8. The molecule has 4 fully saturated rings. The van der Waals surface area contributed by atoms with Gasteiger partial charge in [-0.2, -0.15) is 9.97 Å². The molecule has 0 amide bonds. The number of carbonyl (C=O) groups is 3. The third-order valence-electron chi connectivity index (χ3n) is 11.9. The number of imidazole rings is 2. The van der Waals surface area contributed by atoms with Crippen LogP contribution in [0.2, 0.25) is 0 Å². The molecule has 10 N–H and O–H groups in total. The normalized spacial score (nSPS) is 22.1. The van der Waals surface area contributed by atoms with Crippen LogP contribution in [0.5, 0.6) is 11.5 Å². The van der Waals surface area contributed by atoms with Crippen molar-refractivity contribution in [1.29, 1.82) is 0 Å². The number of aldehydes is 1. The van der Waals surface area contributed by atoms with E-state index >= 15 is 0 Å². The zero-order chi connectivity index (χ0) is 59.7. The van der Waals surface area contributed by atoms with E-state index in [0.717, 1.165) is 28.6 Å². The molecule has 0 aliphatic carbocycles. The van der Waals surface area contributed by atoms with Crippen molar-refractivity contribution in [2.75, 3.05) is 42.8 Å². The number of aliphatic hydroxyl groups excluding tert-OH is 4. The number of aromatic amines is 2. The second-order valence-electron chi connectivity index (χ2n) is 17.2. The van der Waals surface area contributed by atoms with Crippen molar-refractivity contribution in [1.82, 2.24) is 38.2 Å². The van der Waals surface area contributed by atoms with E-state index in [2.05, 4.69) is 55.7 Å². The number of carbonyl (C=O) groups excluding carboxylic acids is 3. The van der Waals surface area contributed by atoms with Gasteiger partial charge in [-0.3, -0.25) is 43.1 Å². The third kappa shape index (κ3) is 16.0. The second-order valence-corrected chi connectivity index (χ2v) is 21.8. The molecule has 8 heterocycles. The van der Waals surface area contributed by atoms with Gasteiger partial charge in [0.15, 0.2) is 41.1 Å². The molecular weight excluding hydrogens is 1280 g/mol. The molecule has 6 aromatic rings. The van der Waals surface area contributed by atoms with Crippen LogP contribution < -0.4 is 43.4 Å². The van der Waals surface area contributed by atoms with Crippen molar-refractivity contribution in [3.05, 3.63) is 127 Å². The summed E-state index contributed by atoms with van der Waals surface area (Å²) in [5, 5.41) is 39.1. The van der Waals surface area contributed by atoms with E-state index in [4.69, 9.17) is 64.0 Å². The summed E-state index contributed by atoms with van der Waals surface area (Å²) in [4.78, 5) is 97.4. The summed E-state index contributed by atoms with van der Waals surface area (Å²) >= 11 is 1.22. The number of allylic oxidation sites excluding steroid dienone is 2. The van der Waals surface area contributed by atoms with Crippen LogP contribution in [-0.4, -0.2) is 145 Å². The van der Waals surface area contributed by atoms with Crippen molar-refractivity contribution in [3.8, 4) is 11.5 Å². The topological polar surface area (TPSA) is 394 Å². The van der Waals surface area contributed by atoms with Gasteiger partial charge in [-0.25, -0.2) is 18.7 Å². The Morgan fingerprint density at radius 2 is 1.16 bits per heavy atom. The molecule has 28 nitrogen and oxygen atoms in total. The van der Waals surface area contributed by atoms with Crippen LogP contribution in [0.4, 0.5) is 11.9 Å². The number of nitrogens with zero attached hydrogens (tertiary/aromatic N) is 6. The number of nitrogens with one attached hydrogen (secondary N) is 2. The van der Waals surface area contributed by atoms with Crippen molar-refractivity contribution in [3.63, 3.8) is 0 Å². The quantitative estimate of drug-likeness (QED) is 0.0165. The average Bonchev–Trinajstić information content (AvgIpc) is 4.43. The Labute approximate surface area is 488 Å². The van der Waals surface area contributed by atoms with Gasteiger partial charge >= 0.3 is 57.8 Å². The van der Waals surface area contributed by atoms with Crippen molar-refractivity contribution in [2.45, 2.75) is 95.1 Å². The van der Waals surface area contributed by atoms with Crippen LogP contribution in [0.25, 0.3) is 22.3 Å². The van der Waals surface area contributed by atoms with E-state index < -0.39 is 112 Å². The molecule has 10 rings (SSSR count). The third-order valence-corrected chi connectivity index (χ3v) is 11.9. The number of nitrogens with two attached hydrogens (primary N) is 2. The molecule has 4 aromatic heterocycles. The van der Waals surface area contributed by atoms with E-state index in [0.29, 0.717) is 22.6 Å². The van der Waals surface area contributed by atoms with Gasteiger partial charge in [0, 0.05) is 51.3 Å². The number of alkyl halides is 1. The first-order valence-electron chi connectivity index (χ1n) is 24.4. The molecule has 0 bridgehead atoms. The van der Waals surface area contributed by atoms with Gasteiger partial charge in [-0.15, -0.1) is 13.2 Å². The fourth-order valence-corrected chi connectivity index (χ4v) is 8.54. The molecule has 0 saturated carbocycles.